The van der Waals surface area contributed by atoms with E-state index < -0.39 is 0 Å². The number of rotatable bonds is 1. The highest BCUT2D eigenvalue weighted by atomic mass is 35.5. The summed E-state index contributed by atoms with van der Waals surface area (Å²) in [5, 5.41) is 5.68. The van der Waals surface area contributed by atoms with Gasteiger partial charge in [0.15, 0.2) is 0 Å². The van der Waals surface area contributed by atoms with Crippen LogP contribution in [0.1, 0.15) is 33.7 Å². The normalized spacial score (nSPS) is 15.6. The summed E-state index contributed by atoms with van der Waals surface area (Å²) in [4.78, 5) is 19.6. The summed E-state index contributed by atoms with van der Waals surface area (Å²) in [7, 11) is 2.03. The molecule has 0 bridgehead atoms. The molecule has 0 aliphatic carbocycles. The smallest absolute Gasteiger partial charge is 0.254 e. The van der Waals surface area contributed by atoms with Crippen LogP contribution in [0.5, 0.6) is 0 Å². The molecule has 4 heterocycles. The topological polar surface area (TPSA) is 56.0 Å². The lowest BCUT2D eigenvalue weighted by molar-refractivity contribution is 0.0734. The standard InChI is InChI=1S/C20H19Cl2N5O/c1-25-11-23-18-17(25)3-2-7-27-19(18)13-10-26(8-6-16(13)24-27)20(28)12-4-5-14(21)15(22)9-12/h4-5,9,11H,2-3,6-8,10H2,1H3. The second kappa shape index (κ2) is 6.64. The number of fused-ring (bicyclic) bond motifs is 5. The van der Waals surface area contributed by atoms with Crippen LogP contribution >= 0.6 is 23.2 Å². The molecule has 0 N–H and O–H groups in total. The minimum Gasteiger partial charge on any atom is -0.337 e. The number of aryl methyl sites for hydroxylation is 2. The van der Waals surface area contributed by atoms with E-state index >= 15 is 0 Å². The van der Waals surface area contributed by atoms with Gasteiger partial charge in [-0.05, 0) is 31.0 Å². The first-order valence-corrected chi connectivity index (χ1v) is 10.1. The molecule has 0 fully saturated rings. The van der Waals surface area contributed by atoms with Crippen LogP contribution in [0.2, 0.25) is 10.0 Å². The molecule has 2 aliphatic heterocycles. The molecule has 28 heavy (non-hydrogen) atoms. The van der Waals surface area contributed by atoms with Gasteiger partial charge in [0, 0.05) is 43.4 Å². The molecule has 3 aromatic rings. The molecule has 0 saturated heterocycles. The second-order valence-corrected chi connectivity index (χ2v) is 8.17. The van der Waals surface area contributed by atoms with Gasteiger partial charge >= 0.3 is 0 Å². The number of amides is 1. The van der Waals surface area contributed by atoms with Crippen LogP contribution in [-0.4, -0.2) is 36.7 Å². The van der Waals surface area contributed by atoms with Crippen LogP contribution in [0.4, 0.5) is 0 Å². The maximum absolute atomic E-state index is 13.1. The molecule has 2 aromatic heterocycles. The fraction of sp³-hybridized carbons (Fsp3) is 0.350. The number of nitrogens with zero attached hydrogens (tertiary/aromatic N) is 5. The van der Waals surface area contributed by atoms with E-state index in [1.165, 1.54) is 5.69 Å². The van der Waals surface area contributed by atoms with Crippen LogP contribution in [0, 0.1) is 0 Å². The zero-order valence-electron chi connectivity index (χ0n) is 15.5. The third-order valence-corrected chi connectivity index (χ3v) is 6.36. The summed E-state index contributed by atoms with van der Waals surface area (Å²) >= 11 is 12.1. The van der Waals surface area contributed by atoms with Gasteiger partial charge in [0.05, 0.1) is 34.3 Å². The highest BCUT2D eigenvalue weighted by molar-refractivity contribution is 6.42. The molecule has 6 nitrogen and oxygen atoms in total. The van der Waals surface area contributed by atoms with E-state index in [1.54, 1.807) is 18.2 Å². The van der Waals surface area contributed by atoms with Crippen LogP contribution in [0.15, 0.2) is 24.5 Å². The minimum atomic E-state index is -0.0426. The number of carbonyl (C=O) groups is 1. The largest absolute Gasteiger partial charge is 0.337 e. The van der Waals surface area contributed by atoms with Crippen molar-refractivity contribution in [1.29, 1.82) is 0 Å². The number of halogens is 2. The molecule has 1 amide bonds. The van der Waals surface area contributed by atoms with E-state index in [0.29, 0.717) is 28.7 Å². The van der Waals surface area contributed by atoms with E-state index in [1.807, 2.05) is 18.3 Å². The van der Waals surface area contributed by atoms with Gasteiger partial charge in [-0.1, -0.05) is 23.2 Å². The number of aromatic nitrogens is 4. The van der Waals surface area contributed by atoms with Crippen molar-refractivity contribution in [1.82, 2.24) is 24.2 Å². The van der Waals surface area contributed by atoms with Gasteiger partial charge < -0.3 is 9.47 Å². The number of benzene rings is 1. The predicted octanol–water partition coefficient (Wildman–Crippen LogP) is 3.74. The van der Waals surface area contributed by atoms with E-state index in [4.69, 9.17) is 28.3 Å². The number of carbonyl (C=O) groups excluding carboxylic acids is 1. The first-order valence-electron chi connectivity index (χ1n) is 9.36. The first-order chi connectivity index (χ1) is 13.5. The average molecular weight is 416 g/mol. The summed E-state index contributed by atoms with van der Waals surface area (Å²) in [5.41, 5.74) is 6.03. The zero-order valence-corrected chi connectivity index (χ0v) is 17.0. The Morgan fingerprint density at radius 3 is 2.82 bits per heavy atom. The Kier molecular flexibility index (Phi) is 4.21. The SMILES string of the molecule is Cn1cnc2c1CCCn1nc3c(c1-2)CN(C(=O)c1ccc(Cl)c(Cl)c1)CC3. The molecule has 0 radical (unpaired) electrons. The van der Waals surface area contributed by atoms with E-state index in [2.05, 4.69) is 14.2 Å². The maximum Gasteiger partial charge on any atom is 0.254 e. The molecule has 2 aliphatic rings. The fourth-order valence-electron chi connectivity index (χ4n) is 4.18. The lowest BCUT2D eigenvalue weighted by Crippen LogP contribution is -2.36. The molecular formula is C20H19Cl2N5O. The van der Waals surface area contributed by atoms with Gasteiger partial charge in [-0.25, -0.2) is 4.98 Å². The molecule has 0 saturated carbocycles. The Morgan fingerprint density at radius 2 is 2.00 bits per heavy atom. The highest BCUT2D eigenvalue weighted by Gasteiger charge is 2.31. The van der Waals surface area contributed by atoms with E-state index in [9.17, 15) is 4.79 Å². The van der Waals surface area contributed by atoms with Crippen molar-refractivity contribution in [2.75, 3.05) is 6.54 Å². The molecule has 0 unspecified atom stereocenters. The first kappa shape index (κ1) is 17.8. The number of imidazole rings is 1. The lowest BCUT2D eigenvalue weighted by Gasteiger charge is -2.27. The zero-order chi connectivity index (χ0) is 19.4. The molecular weight excluding hydrogens is 397 g/mol. The molecule has 0 atom stereocenters. The summed E-state index contributed by atoms with van der Waals surface area (Å²) in [6.45, 7) is 2.04. The van der Waals surface area contributed by atoms with Gasteiger partial charge in [-0.2, -0.15) is 5.10 Å². The third kappa shape index (κ3) is 2.74. The Labute approximate surface area is 172 Å². The van der Waals surface area contributed by atoms with Crippen molar-refractivity contribution < 1.29 is 4.79 Å². The van der Waals surface area contributed by atoms with Crippen molar-refractivity contribution in [2.24, 2.45) is 7.05 Å². The number of hydrogen-bond donors (Lipinski definition) is 0. The molecule has 0 spiro atoms. The summed E-state index contributed by atoms with van der Waals surface area (Å²) in [6, 6.07) is 5.02. The van der Waals surface area contributed by atoms with Crippen LogP contribution < -0.4 is 0 Å². The Morgan fingerprint density at radius 1 is 1.14 bits per heavy atom. The molecule has 1 aromatic carbocycles. The quantitative estimate of drug-likeness (QED) is 0.608. The number of hydrogen-bond acceptors (Lipinski definition) is 3. The summed E-state index contributed by atoms with van der Waals surface area (Å²) in [6.07, 6.45) is 4.62. The molecule has 8 heteroatoms. The summed E-state index contributed by atoms with van der Waals surface area (Å²) in [5.74, 6) is -0.0426. The van der Waals surface area contributed by atoms with Crippen molar-refractivity contribution in [3.05, 3.63) is 57.1 Å². The maximum atomic E-state index is 13.1. The van der Waals surface area contributed by atoms with Gasteiger partial charge in [0.1, 0.15) is 5.69 Å². The van der Waals surface area contributed by atoms with Gasteiger partial charge in [-0.3, -0.25) is 9.48 Å². The van der Waals surface area contributed by atoms with Crippen molar-refractivity contribution in [3.8, 4) is 11.4 Å². The fourth-order valence-corrected chi connectivity index (χ4v) is 4.48. The average Bonchev–Trinajstić information content (AvgIpc) is 3.17. The summed E-state index contributed by atoms with van der Waals surface area (Å²) < 4.78 is 4.17. The van der Waals surface area contributed by atoms with Crippen LogP contribution in [0.3, 0.4) is 0 Å². The lowest BCUT2D eigenvalue weighted by atomic mass is 10.0. The van der Waals surface area contributed by atoms with Crippen molar-refractivity contribution in [2.45, 2.75) is 32.4 Å². The Bertz CT molecular complexity index is 1100. The Balaban J connectivity index is 1.52. The second-order valence-electron chi connectivity index (χ2n) is 7.36. The van der Waals surface area contributed by atoms with Gasteiger partial charge in [0.25, 0.3) is 5.91 Å². The van der Waals surface area contributed by atoms with E-state index in [-0.39, 0.29) is 5.91 Å². The third-order valence-electron chi connectivity index (χ3n) is 5.62. The van der Waals surface area contributed by atoms with Gasteiger partial charge in [-0.15, -0.1) is 0 Å². The van der Waals surface area contributed by atoms with Crippen LogP contribution in [0.25, 0.3) is 11.4 Å². The van der Waals surface area contributed by atoms with Crippen molar-refractivity contribution in [3.63, 3.8) is 0 Å². The van der Waals surface area contributed by atoms with E-state index in [0.717, 1.165) is 48.5 Å². The van der Waals surface area contributed by atoms with Crippen molar-refractivity contribution >= 4 is 29.1 Å². The Hall–Kier alpha value is -2.31. The minimum absolute atomic E-state index is 0.0426. The highest BCUT2D eigenvalue weighted by Crippen LogP contribution is 2.35. The monoisotopic (exact) mass is 415 g/mol. The van der Waals surface area contributed by atoms with Gasteiger partial charge in [0.2, 0.25) is 0 Å². The van der Waals surface area contributed by atoms with Crippen LogP contribution in [-0.2, 0) is 33.0 Å². The molecule has 144 valence electrons. The predicted molar refractivity (Wildman–Crippen MR) is 108 cm³/mol. The molecule has 5 rings (SSSR count).